The van der Waals surface area contributed by atoms with Gasteiger partial charge < -0.3 is 10.4 Å². The fourth-order valence-corrected chi connectivity index (χ4v) is 3.60. The van der Waals surface area contributed by atoms with Gasteiger partial charge in [-0.2, -0.15) is 0 Å². The van der Waals surface area contributed by atoms with E-state index in [0.29, 0.717) is 0 Å². The van der Waals surface area contributed by atoms with Gasteiger partial charge in [0.2, 0.25) is 0 Å². The maximum absolute atomic E-state index is 10.7. The lowest BCUT2D eigenvalue weighted by Crippen LogP contribution is -2.43. The van der Waals surface area contributed by atoms with Gasteiger partial charge in [-0.1, -0.05) is 18.2 Å². The molecule has 0 radical (unpaired) electrons. The van der Waals surface area contributed by atoms with Crippen molar-refractivity contribution in [1.29, 1.82) is 0 Å². The highest BCUT2D eigenvalue weighted by molar-refractivity contribution is 7.13. The van der Waals surface area contributed by atoms with Gasteiger partial charge in [-0.3, -0.25) is 4.57 Å². The number of nitrogens with one attached hydrogen (secondary N) is 1. The Morgan fingerprint density at radius 3 is 2.71 bits per heavy atom. The molecule has 1 aliphatic carbocycles. The van der Waals surface area contributed by atoms with E-state index in [0.717, 1.165) is 35.2 Å². The molecule has 0 spiro atoms. The van der Waals surface area contributed by atoms with E-state index in [-0.39, 0.29) is 12.0 Å². The number of nitrogens with zero attached hydrogens (tertiary/aromatic N) is 4. The van der Waals surface area contributed by atoms with E-state index in [1.54, 1.807) is 6.20 Å². The molecule has 0 unspecified atom stereocenters. The minimum absolute atomic E-state index is 0.0169. The molecule has 1 saturated carbocycles. The summed E-state index contributed by atoms with van der Waals surface area (Å²) in [7, 11) is 0. The van der Waals surface area contributed by atoms with Crippen LogP contribution < -0.4 is 5.32 Å². The number of para-hydroxylation sites is 1. The zero-order valence-corrected chi connectivity index (χ0v) is 13.5. The number of carboxylic acid groups (broad SMARTS) is 1. The molecule has 1 aliphatic rings. The van der Waals surface area contributed by atoms with Crippen LogP contribution in [0.25, 0.3) is 16.5 Å². The Morgan fingerprint density at radius 1 is 1.25 bits per heavy atom. The van der Waals surface area contributed by atoms with Crippen molar-refractivity contribution >= 4 is 17.4 Å². The second-order valence-corrected chi connectivity index (χ2v) is 6.60. The van der Waals surface area contributed by atoms with Gasteiger partial charge in [0.1, 0.15) is 5.82 Å². The molecule has 122 valence electrons. The summed E-state index contributed by atoms with van der Waals surface area (Å²) < 4.78 is 2.03. The molecule has 0 aliphatic heterocycles. The smallest absolute Gasteiger partial charge is 0.404 e. The second kappa shape index (κ2) is 6.04. The molecule has 2 aromatic heterocycles. The Labute approximate surface area is 142 Å². The fourth-order valence-electron chi connectivity index (χ4n) is 2.99. The number of aromatic nitrogens is 4. The van der Waals surface area contributed by atoms with Gasteiger partial charge in [-0.05, 0) is 25.0 Å². The number of rotatable bonds is 4. The summed E-state index contributed by atoms with van der Waals surface area (Å²) in [4.78, 5) is 15.1. The number of benzene rings is 1. The Bertz CT molecular complexity index is 841. The van der Waals surface area contributed by atoms with Crippen LogP contribution in [0.2, 0.25) is 0 Å². The molecular weight excluding hydrogens is 326 g/mol. The largest absolute Gasteiger partial charge is 0.465 e. The van der Waals surface area contributed by atoms with E-state index in [4.69, 9.17) is 5.11 Å². The molecule has 1 amide bonds. The molecule has 24 heavy (non-hydrogen) atoms. The lowest BCUT2D eigenvalue weighted by molar-refractivity contribution is 0.176. The maximum Gasteiger partial charge on any atom is 0.404 e. The van der Waals surface area contributed by atoms with E-state index in [2.05, 4.69) is 20.5 Å². The van der Waals surface area contributed by atoms with Gasteiger partial charge in [0.15, 0.2) is 10.8 Å². The van der Waals surface area contributed by atoms with Crippen molar-refractivity contribution in [3.63, 3.8) is 0 Å². The molecule has 0 saturated heterocycles. The summed E-state index contributed by atoms with van der Waals surface area (Å²) in [6, 6.07) is 9.91. The summed E-state index contributed by atoms with van der Waals surface area (Å²) in [6.07, 6.45) is 2.23. The van der Waals surface area contributed by atoms with Crippen LogP contribution in [0.3, 0.4) is 0 Å². The molecular formula is C16H15N5O2S. The van der Waals surface area contributed by atoms with Crippen LogP contribution in [0.4, 0.5) is 4.79 Å². The first-order valence-electron chi connectivity index (χ1n) is 7.62. The summed E-state index contributed by atoms with van der Waals surface area (Å²) >= 11 is 1.52. The first-order valence-corrected chi connectivity index (χ1v) is 8.50. The Balaban J connectivity index is 1.70. The average molecular weight is 341 g/mol. The Morgan fingerprint density at radius 2 is 2.04 bits per heavy atom. The van der Waals surface area contributed by atoms with Gasteiger partial charge in [0, 0.05) is 29.2 Å². The van der Waals surface area contributed by atoms with Gasteiger partial charge in [-0.15, -0.1) is 21.5 Å². The number of hydrogen-bond donors (Lipinski definition) is 2. The van der Waals surface area contributed by atoms with E-state index < -0.39 is 6.09 Å². The molecule has 2 N–H and O–H groups in total. The predicted molar refractivity (Wildman–Crippen MR) is 89.4 cm³/mol. The van der Waals surface area contributed by atoms with Crippen molar-refractivity contribution in [2.45, 2.75) is 24.8 Å². The minimum atomic E-state index is -0.980. The third kappa shape index (κ3) is 2.65. The van der Waals surface area contributed by atoms with Crippen molar-refractivity contribution in [2.75, 3.05) is 0 Å². The van der Waals surface area contributed by atoms with Crippen molar-refractivity contribution in [3.05, 3.63) is 47.7 Å². The average Bonchev–Trinajstić information content (AvgIpc) is 3.20. The first kappa shape index (κ1) is 14.8. The van der Waals surface area contributed by atoms with Crippen molar-refractivity contribution in [2.24, 2.45) is 0 Å². The van der Waals surface area contributed by atoms with Gasteiger partial charge in [0.25, 0.3) is 0 Å². The van der Waals surface area contributed by atoms with Crippen molar-refractivity contribution in [3.8, 4) is 16.5 Å². The number of amides is 1. The quantitative estimate of drug-likeness (QED) is 0.761. The van der Waals surface area contributed by atoms with Crippen LogP contribution in [0, 0.1) is 0 Å². The standard InChI is InChI=1S/C16H15N5O2S/c22-16(23)18-11-8-10(9-11)13-19-20-14(15-17-6-7-24-15)21(13)12-4-2-1-3-5-12/h1-7,10-11,18H,8-9H2,(H,22,23)/t10-,11-. The highest BCUT2D eigenvalue weighted by Crippen LogP contribution is 2.38. The van der Waals surface area contributed by atoms with Crippen molar-refractivity contribution < 1.29 is 9.90 Å². The van der Waals surface area contributed by atoms with Crippen LogP contribution in [0.1, 0.15) is 24.6 Å². The van der Waals surface area contributed by atoms with Gasteiger partial charge >= 0.3 is 6.09 Å². The zero-order valence-electron chi connectivity index (χ0n) is 12.7. The zero-order chi connectivity index (χ0) is 16.5. The lowest BCUT2D eigenvalue weighted by atomic mass is 9.79. The van der Waals surface area contributed by atoms with Crippen LogP contribution in [0.5, 0.6) is 0 Å². The maximum atomic E-state index is 10.7. The summed E-state index contributed by atoms with van der Waals surface area (Å²) in [5.74, 6) is 1.76. The van der Waals surface area contributed by atoms with E-state index >= 15 is 0 Å². The summed E-state index contributed by atoms with van der Waals surface area (Å²) in [5, 5.41) is 22.8. The van der Waals surface area contributed by atoms with Crippen LogP contribution in [-0.4, -0.2) is 37.0 Å². The predicted octanol–water partition coefficient (Wildman–Crippen LogP) is 2.90. The van der Waals surface area contributed by atoms with Gasteiger partial charge in [-0.25, -0.2) is 9.78 Å². The number of thiazole rings is 1. The van der Waals surface area contributed by atoms with Crippen LogP contribution in [-0.2, 0) is 0 Å². The van der Waals surface area contributed by atoms with Crippen molar-refractivity contribution in [1.82, 2.24) is 25.1 Å². The molecule has 0 atom stereocenters. The van der Waals surface area contributed by atoms with Crippen LogP contribution in [0.15, 0.2) is 41.9 Å². The molecule has 3 aromatic rings. The minimum Gasteiger partial charge on any atom is -0.465 e. The second-order valence-electron chi connectivity index (χ2n) is 5.70. The molecule has 4 rings (SSSR count). The molecule has 1 aromatic carbocycles. The molecule has 7 nitrogen and oxygen atoms in total. The first-order chi connectivity index (χ1) is 11.7. The number of carbonyl (C=O) groups is 1. The fraction of sp³-hybridized carbons (Fsp3) is 0.250. The SMILES string of the molecule is O=C(O)N[C@H]1C[C@H](c2nnc(-c3nccs3)n2-c2ccccc2)C1. The number of hydrogen-bond acceptors (Lipinski definition) is 5. The van der Waals surface area contributed by atoms with Crippen LogP contribution >= 0.6 is 11.3 Å². The molecule has 0 bridgehead atoms. The van der Waals surface area contributed by atoms with E-state index in [9.17, 15) is 4.79 Å². The highest BCUT2D eigenvalue weighted by atomic mass is 32.1. The third-order valence-corrected chi connectivity index (χ3v) is 4.93. The van der Waals surface area contributed by atoms with E-state index in [1.807, 2.05) is 40.3 Å². The monoisotopic (exact) mass is 341 g/mol. The summed E-state index contributed by atoms with van der Waals surface area (Å²) in [5.41, 5.74) is 0.984. The third-order valence-electron chi connectivity index (χ3n) is 4.16. The highest BCUT2D eigenvalue weighted by Gasteiger charge is 2.36. The lowest BCUT2D eigenvalue weighted by Gasteiger charge is -2.34. The molecule has 2 heterocycles. The Hall–Kier alpha value is -2.74. The topological polar surface area (TPSA) is 92.9 Å². The normalized spacial score (nSPS) is 19.7. The summed E-state index contributed by atoms with van der Waals surface area (Å²) in [6.45, 7) is 0. The Kier molecular flexibility index (Phi) is 3.73. The molecule has 1 fully saturated rings. The van der Waals surface area contributed by atoms with E-state index in [1.165, 1.54) is 11.3 Å². The molecule has 8 heteroatoms. The van der Waals surface area contributed by atoms with Gasteiger partial charge in [0.05, 0.1) is 0 Å².